The number of anilines is 1. The number of alkyl halides is 2. The number of aromatic nitrogens is 2. The maximum Gasteiger partial charge on any atom is 0.269 e. The quantitative estimate of drug-likeness (QED) is 0.840. The van der Waals surface area contributed by atoms with E-state index in [1.165, 1.54) is 11.3 Å². The summed E-state index contributed by atoms with van der Waals surface area (Å²) in [6.07, 6.45) is 4.59. The van der Waals surface area contributed by atoms with Gasteiger partial charge in [0.25, 0.3) is 11.8 Å². The smallest absolute Gasteiger partial charge is 0.269 e. The molecule has 0 spiro atoms. The topological polar surface area (TPSA) is 70.2 Å². The molecule has 2 atom stereocenters. The Labute approximate surface area is 152 Å². The van der Waals surface area contributed by atoms with E-state index in [1.807, 2.05) is 0 Å². The van der Waals surface area contributed by atoms with E-state index in [4.69, 9.17) is 4.74 Å². The number of hydrogen-bond donors (Lipinski definition) is 2. The van der Waals surface area contributed by atoms with Gasteiger partial charge in [-0.15, -0.1) is 11.3 Å². The molecule has 0 saturated carbocycles. The molecule has 26 heavy (non-hydrogen) atoms. The molecule has 138 valence electrons. The largest absolute Gasteiger partial charge is 0.376 e. The van der Waals surface area contributed by atoms with Crippen molar-refractivity contribution in [2.45, 2.75) is 37.3 Å². The highest BCUT2D eigenvalue weighted by atomic mass is 32.1. The Kier molecular flexibility index (Phi) is 3.58. The van der Waals surface area contributed by atoms with Gasteiger partial charge in [0.15, 0.2) is 0 Å². The fraction of sp³-hybridized carbons (Fsp3) is 0.529. The van der Waals surface area contributed by atoms with Gasteiger partial charge in [-0.1, -0.05) is 0 Å². The molecule has 0 aromatic carbocycles. The predicted molar refractivity (Wildman–Crippen MR) is 93.0 cm³/mol. The number of halogens is 2. The summed E-state index contributed by atoms with van der Waals surface area (Å²) in [6, 6.07) is -0.274. The summed E-state index contributed by atoms with van der Waals surface area (Å²) in [5.41, 5.74) is 1.94. The van der Waals surface area contributed by atoms with Crippen molar-refractivity contribution < 1.29 is 18.3 Å². The fourth-order valence-electron chi connectivity index (χ4n) is 4.19. The van der Waals surface area contributed by atoms with Crippen molar-refractivity contribution in [3.05, 3.63) is 22.8 Å². The molecule has 1 amide bonds. The summed E-state index contributed by atoms with van der Waals surface area (Å²) in [7, 11) is 0. The number of amides is 1. The van der Waals surface area contributed by atoms with Crippen molar-refractivity contribution in [3.8, 4) is 10.4 Å². The van der Waals surface area contributed by atoms with Crippen LogP contribution in [0, 0.1) is 0 Å². The van der Waals surface area contributed by atoms with Crippen LogP contribution in [0.4, 0.5) is 14.5 Å². The molecule has 6 nitrogen and oxygen atoms in total. The second-order valence-corrected chi connectivity index (χ2v) is 8.14. The third-order valence-corrected chi connectivity index (χ3v) is 6.54. The number of rotatable bonds is 2. The van der Waals surface area contributed by atoms with Crippen molar-refractivity contribution >= 4 is 22.9 Å². The SMILES string of the molecule is O=C1N[C@@H]([C@@H]2CCCO2)CN2CC(F)(F)Cc3c(-c4cn[nH]c4)sc1c32. The molecular weight excluding hydrogens is 362 g/mol. The van der Waals surface area contributed by atoms with E-state index in [1.54, 1.807) is 17.3 Å². The van der Waals surface area contributed by atoms with Gasteiger partial charge >= 0.3 is 0 Å². The van der Waals surface area contributed by atoms with Crippen molar-refractivity contribution in [1.29, 1.82) is 0 Å². The summed E-state index contributed by atoms with van der Waals surface area (Å²) in [5, 5.41) is 9.65. The molecular formula is C17H18F2N4O2S. The third-order valence-electron chi connectivity index (χ3n) is 5.27. The standard InChI is InChI=1S/C17H18F2N4O2S/c18-17(19)4-10-13-15(26-14(10)9-5-20-21-6-9)16(24)22-11(7-23(13)8-17)12-2-1-3-25-12/h5-6,11-12H,1-4,7-8H2,(H,20,21)(H,22,24)/t11-,12+/m1/s1. The monoisotopic (exact) mass is 380 g/mol. The first kappa shape index (κ1) is 16.2. The molecule has 2 aromatic rings. The molecule has 5 rings (SSSR count). The Balaban J connectivity index is 1.61. The number of hydrogen-bond acceptors (Lipinski definition) is 5. The van der Waals surface area contributed by atoms with E-state index >= 15 is 0 Å². The first-order chi connectivity index (χ1) is 12.5. The van der Waals surface area contributed by atoms with Crippen molar-refractivity contribution in [1.82, 2.24) is 15.5 Å². The third kappa shape index (κ3) is 2.52. The Morgan fingerprint density at radius 1 is 1.38 bits per heavy atom. The number of ether oxygens (including phenoxy) is 1. The Morgan fingerprint density at radius 2 is 2.27 bits per heavy atom. The first-order valence-electron chi connectivity index (χ1n) is 8.72. The van der Waals surface area contributed by atoms with Gasteiger partial charge < -0.3 is 15.0 Å². The lowest BCUT2D eigenvalue weighted by molar-refractivity contribution is 0.00412. The van der Waals surface area contributed by atoms with Gasteiger partial charge in [0.05, 0.1) is 30.6 Å². The molecule has 3 aliphatic rings. The van der Waals surface area contributed by atoms with Crippen molar-refractivity contribution in [3.63, 3.8) is 0 Å². The fourth-order valence-corrected chi connectivity index (χ4v) is 5.42. The average molecular weight is 380 g/mol. The highest BCUT2D eigenvalue weighted by Gasteiger charge is 2.46. The second kappa shape index (κ2) is 5.75. The van der Waals surface area contributed by atoms with Gasteiger partial charge in [-0.05, 0) is 12.8 Å². The van der Waals surface area contributed by atoms with Crippen LogP contribution in [0.2, 0.25) is 0 Å². The van der Waals surface area contributed by atoms with Gasteiger partial charge in [-0.2, -0.15) is 5.10 Å². The van der Waals surface area contributed by atoms with E-state index in [9.17, 15) is 13.6 Å². The van der Waals surface area contributed by atoms with E-state index < -0.39 is 5.92 Å². The molecule has 1 saturated heterocycles. The zero-order valence-corrected chi connectivity index (χ0v) is 14.7. The Bertz CT molecular complexity index is 845. The van der Waals surface area contributed by atoms with Crippen LogP contribution in [0.1, 0.15) is 28.1 Å². The molecule has 1 fully saturated rings. The van der Waals surface area contributed by atoms with Crippen LogP contribution in [-0.2, 0) is 11.2 Å². The van der Waals surface area contributed by atoms with Crippen LogP contribution in [0.5, 0.6) is 0 Å². The van der Waals surface area contributed by atoms with Gasteiger partial charge in [0.2, 0.25) is 0 Å². The molecule has 5 heterocycles. The summed E-state index contributed by atoms with van der Waals surface area (Å²) in [5.74, 6) is -3.03. The lowest BCUT2D eigenvalue weighted by Crippen LogP contribution is -2.51. The molecule has 0 bridgehead atoms. The molecule has 0 unspecified atom stereocenters. The Hall–Kier alpha value is -2.00. The lowest BCUT2D eigenvalue weighted by atomic mass is 9.97. The maximum atomic E-state index is 14.5. The van der Waals surface area contributed by atoms with E-state index in [-0.39, 0.29) is 31.0 Å². The zero-order valence-electron chi connectivity index (χ0n) is 13.9. The average Bonchev–Trinajstić information content (AvgIpc) is 3.31. The van der Waals surface area contributed by atoms with Crippen LogP contribution in [0.25, 0.3) is 10.4 Å². The van der Waals surface area contributed by atoms with Crippen LogP contribution < -0.4 is 10.2 Å². The maximum absolute atomic E-state index is 14.5. The van der Waals surface area contributed by atoms with Gasteiger partial charge in [-0.25, -0.2) is 8.78 Å². The van der Waals surface area contributed by atoms with Gasteiger partial charge in [0, 0.05) is 41.8 Å². The van der Waals surface area contributed by atoms with Crippen LogP contribution >= 0.6 is 11.3 Å². The van der Waals surface area contributed by atoms with Crippen LogP contribution in [0.15, 0.2) is 12.4 Å². The van der Waals surface area contributed by atoms with Crippen LogP contribution in [0.3, 0.4) is 0 Å². The van der Waals surface area contributed by atoms with Crippen molar-refractivity contribution in [2.24, 2.45) is 0 Å². The lowest BCUT2D eigenvalue weighted by Gasteiger charge is -2.36. The number of carbonyl (C=O) groups is 1. The minimum atomic E-state index is -2.84. The number of thiophene rings is 1. The first-order valence-corrected chi connectivity index (χ1v) is 9.53. The van der Waals surface area contributed by atoms with E-state index in [0.29, 0.717) is 34.2 Å². The van der Waals surface area contributed by atoms with E-state index in [0.717, 1.165) is 18.4 Å². The highest BCUT2D eigenvalue weighted by molar-refractivity contribution is 7.18. The second-order valence-electron chi connectivity index (χ2n) is 7.12. The predicted octanol–water partition coefficient (Wildman–Crippen LogP) is 2.43. The minimum absolute atomic E-state index is 0.111. The van der Waals surface area contributed by atoms with Gasteiger partial charge in [0.1, 0.15) is 4.88 Å². The number of carbonyl (C=O) groups excluding carboxylic acids is 1. The molecule has 9 heteroatoms. The number of aromatic amines is 1. The number of nitrogens with one attached hydrogen (secondary N) is 2. The molecule has 0 radical (unpaired) electrons. The Morgan fingerprint density at radius 3 is 3.00 bits per heavy atom. The highest BCUT2D eigenvalue weighted by Crippen LogP contribution is 2.48. The van der Waals surface area contributed by atoms with Crippen molar-refractivity contribution in [2.75, 3.05) is 24.6 Å². The summed E-state index contributed by atoms with van der Waals surface area (Å²) in [4.78, 5) is 15.7. The summed E-state index contributed by atoms with van der Waals surface area (Å²) >= 11 is 1.27. The summed E-state index contributed by atoms with van der Waals surface area (Å²) in [6.45, 7) is 0.630. The zero-order chi connectivity index (χ0) is 17.9. The number of H-pyrrole nitrogens is 1. The molecule has 0 aliphatic carbocycles. The van der Waals surface area contributed by atoms with Gasteiger partial charge in [-0.3, -0.25) is 9.89 Å². The number of nitrogens with zero attached hydrogens (tertiary/aromatic N) is 2. The molecule has 2 N–H and O–H groups in total. The molecule has 3 aliphatic heterocycles. The van der Waals surface area contributed by atoms with Crippen LogP contribution in [-0.4, -0.2) is 53.9 Å². The van der Waals surface area contributed by atoms with E-state index in [2.05, 4.69) is 15.5 Å². The molecule has 2 aromatic heterocycles. The minimum Gasteiger partial charge on any atom is -0.376 e. The normalized spacial score (nSPS) is 27.2. The summed E-state index contributed by atoms with van der Waals surface area (Å²) < 4.78 is 34.7.